The van der Waals surface area contributed by atoms with Crippen LogP contribution >= 0.6 is 12.4 Å². The number of hydrogen-bond donors (Lipinski definition) is 1. The highest BCUT2D eigenvalue weighted by Crippen LogP contribution is 2.18. The standard InChI is InChI=1S/C19H28N2O2.ClH/c1-14(2)12-15-5-7-16(8-6-15)18(22)9-10-19(23)21-11-3-4-17(21)13-20;/h5-8,14,17H,3-4,9-13,20H2,1-2H3;1H. The van der Waals surface area contributed by atoms with Gasteiger partial charge in [-0.15, -0.1) is 12.4 Å². The molecule has 1 aliphatic heterocycles. The van der Waals surface area contributed by atoms with Crippen molar-refractivity contribution in [1.29, 1.82) is 0 Å². The molecule has 1 atom stereocenters. The molecule has 1 unspecified atom stereocenters. The first-order valence-electron chi connectivity index (χ1n) is 8.63. The Kier molecular flexibility index (Phi) is 8.43. The molecule has 0 saturated carbocycles. The van der Waals surface area contributed by atoms with Crippen molar-refractivity contribution < 1.29 is 9.59 Å². The third kappa shape index (κ3) is 5.60. The lowest BCUT2D eigenvalue weighted by Gasteiger charge is -2.23. The van der Waals surface area contributed by atoms with Crippen molar-refractivity contribution in [3.63, 3.8) is 0 Å². The molecule has 1 heterocycles. The molecule has 0 radical (unpaired) electrons. The molecule has 5 heteroatoms. The van der Waals surface area contributed by atoms with Gasteiger partial charge in [0.2, 0.25) is 5.91 Å². The predicted molar refractivity (Wildman–Crippen MR) is 99.6 cm³/mol. The van der Waals surface area contributed by atoms with E-state index in [1.807, 2.05) is 29.2 Å². The molecule has 1 fully saturated rings. The molecule has 0 bridgehead atoms. The maximum absolute atomic E-state index is 12.3. The third-order valence-corrected chi connectivity index (χ3v) is 4.46. The third-order valence-electron chi connectivity index (χ3n) is 4.46. The number of carbonyl (C=O) groups excluding carboxylic acids is 2. The smallest absolute Gasteiger partial charge is 0.223 e. The Morgan fingerprint density at radius 1 is 1.21 bits per heavy atom. The molecule has 2 rings (SSSR count). The SMILES string of the molecule is CC(C)Cc1ccc(C(=O)CCC(=O)N2CCCC2CN)cc1.Cl. The van der Waals surface area contributed by atoms with Gasteiger partial charge in [-0.3, -0.25) is 9.59 Å². The highest BCUT2D eigenvalue weighted by Gasteiger charge is 2.27. The number of Topliss-reactive ketones (excluding diaryl/α,β-unsaturated/α-hetero) is 1. The zero-order chi connectivity index (χ0) is 16.8. The maximum Gasteiger partial charge on any atom is 0.223 e. The molecule has 0 aromatic heterocycles. The molecule has 1 aromatic rings. The number of likely N-dealkylation sites (tertiary alicyclic amines) is 1. The van der Waals surface area contributed by atoms with Gasteiger partial charge in [-0.05, 0) is 30.7 Å². The first kappa shape index (κ1) is 20.7. The van der Waals surface area contributed by atoms with Crippen LogP contribution in [-0.2, 0) is 11.2 Å². The van der Waals surface area contributed by atoms with Crippen molar-refractivity contribution >= 4 is 24.1 Å². The van der Waals surface area contributed by atoms with Gasteiger partial charge in [-0.25, -0.2) is 0 Å². The summed E-state index contributed by atoms with van der Waals surface area (Å²) < 4.78 is 0. The van der Waals surface area contributed by atoms with Gasteiger partial charge in [0, 0.05) is 37.5 Å². The number of nitrogens with zero attached hydrogens (tertiary/aromatic N) is 1. The quantitative estimate of drug-likeness (QED) is 0.766. The first-order chi connectivity index (χ1) is 11.0. The van der Waals surface area contributed by atoms with E-state index in [1.54, 1.807) is 0 Å². The fourth-order valence-electron chi connectivity index (χ4n) is 3.22. The van der Waals surface area contributed by atoms with Gasteiger partial charge in [0.05, 0.1) is 0 Å². The molecule has 1 aromatic carbocycles. The molecule has 2 N–H and O–H groups in total. The zero-order valence-corrected chi connectivity index (χ0v) is 15.5. The van der Waals surface area contributed by atoms with Gasteiger partial charge in [0.25, 0.3) is 0 Å². The maximum atomic E-state index is 12.3. The summed E-state index contributed by atoms with van der Waals surface area (Å²) in [6.45, 7) is 5.64. The van der Waals surface area contributed by atoms with E-state index < -0.39 is 0 Å². The Bertz CT molecular complexity index is 543. The van der Waals surface area contributed by atoms with Crippen molar-refractivity contribution in [3.05, 3.63) is 35.4 Å². The van der Waals surface area contributed by atoms with Gasteiger partial charge >= 0.3 is 0 Å². The average Bonchev–Trinajstić information content (AvgIpc) is 3.01. The summed E-state index contributed by atoms with van der Waals surface area (Å²) in [5, 5.41) is 0. The van der Waals surface area contributed by atoms with E-state index in [2.05, 4.69) is 13.8 Å². The summed E-state index contributed by atoms with van der Waals surface area (Å²) in [5.41, 5.74) is 7.64. The van der Waals surface area contributed by atoms with Gasteiger partial charge < -0.3 is 10.6 Å². The van der Waals surface area contributed by atoms with Crippen LogP contribution in [0.15, 0.2) is 24.3 Å². The van der Waals surface area contributed by atoms with Crippen molar-refractivity contribution in [1.82, 2.24) is 4.90 Å². The Morgan fingerprint density at radius 3 is 2.46 bits per heavy atom. The number of hydrogen-bond acceptors (Lipinski definition) is 3. The van der Waals surface area contributed by atoms with Crippen LogP contribution < -0.4 is 5.73 Å². The van der Waals surface area contributed by atoms with Crippen LogP contribution in [0.2, 0.25) is 0 Å². The summed E-state index contributed by atoms with van der Waals surface area (Å²) in [6.07, 6.45) is 3.56. The highest BCUT2D eigenvalue weighted by molar-refractivity contribution is 5.98. The predicted octanol–water partition coefficient (Wildman–Crippen LogP) is 3.22. The van der Waals surface area contributed by atoms with Crippen molar-refractivity contribution in [2.24, 2.45) is 11.7 Å². The summed E-state index contributed by atoms with van der Waals surface area (Å²) >= 11 is 0. The molecule has 24 heavy (non-hydrogen) atoms. The number of ketones is 1. The molecule has 1 amide bonds. The number of carbonyl (C=O) groups is 2. The Morgan fingerprint density at radius 2 is 1.88 bits per heavy atom. The van der Waals surface area contributed by atoms with Crippen LogP contribution in [-0.4, -0.2) is 35.7 Å². The number of halogens is 1. The molecule has 0 spiro atoms. The summed E-state index contributed by atoms with van der Waals surface area (Å²) in [6, 6.07) is 7.94. The van der Waals surface area contributed by atoms with Crippen LogP contribution in [0.25, 0.3) is 0 Å². The monoisotopic (exact) mass is 352 g/mol. The van der Waals surface area contributed by atoms with Crippen LogP contribution in [0.4, 0.5) is 0 Å². The van der Waals surface area contributed by atoms with Gasteiger partial charge in [-0.1, -0.05) is 38.1 Å². The lowest BCUT2D eigenvalue weighted by molar-refractivity contribution is -0.131. The van der Waals surface area contributed by atoms with Crippen LogP contribution in [0.3, 0.4) is 0 Å². The van der Waals surface area contributed by atoms with Crippen molar-refractivity contribution in [3.8, 4) is 0 Å². The minimum Gasteiger partial charge on any atom is -0.338 e. The van der Waals surface area contributed by atoms with E-state index in [1.165, 1.54) is 5.56 Å². The van der Waals surface area contributed by atoms with Crippen LogP contribution in [0.5, 0.6) is 0 Å². The number of amides is 1. The topological polar surface area (TPSA) is 63.4 Å². The van der Waals surface area contributed by atoms with Gasteiger partial charge in [0.1, 0.15) is 0 Å². The van der Waals surface area contributed by atoms with E-state index in [0.717, 1.165) is 25.8 Å². The molecule has 0 aliphatic carbocycles. The number of nitrogens with two attached hydrogens (primary N) is 1. The van der Waals surface area contributed by atoms with Gasteiger partial charge in [-0.2, -0.15) is 0 Å². The zero-order valence-electron chi connectivity index (χ0n) is 14.7. The fraction of sp³-hybridized carbons (Fsp3) is 0.579. The fourth-order valence-corrected chi connectivity index (χ4v) is 3.22. The summed E-state index contributed by atoms with van der Waals surface area (Å²) in [4.78, 5) is 26.3. The molecular weight excluding hydrogens is 324 g/mol. The summed E-state index contributed by atoms with van der Waals surface area (Å²) in [5.74, 6) is 0.700. The van der Waals surface area contributed by atoms with Crippen LogP contribution in [0.1, 0.15) is 55.5 Å². The Hall–Kier alpha value is -1.39. The Labute approximate surface area is 151 Å². The first-order valence-corrected chi connectivity index (χ1v) is 8.63. The Balaban J connectivity index is 0.00000288. The molecule has 134 valence electrons. The van der Waals surface area contributed by atoms with E-state index in [0.29, 0.717) is 18.0 Å². The molecular formula is C19H29ClN2O2. The van der Waals surface area contributed by atoms with E-state index >= 15 is 0 Å². The second kappa shape index (κ2) is 9.80. The number of rotatable bonds is 7. The highest BCUT2D eigenvalue weighted by atomic mass is 35.5. The molecule has 4 nitrogen and oxygen atoms in total. The van der Waals surface area contributed by atoms with E-state index in [4.69, 9.17) is 5.73 Å². The van der Waals surface area contributed by atoms with Crippen molar-refractivity contribution in [2.75, 3.05) is 13.1 Å². The van der Waals surface area contributed by atoms with Gasteiger partial charge in [0.15, 0.2) is 5.78 Å². The van der Waals surface area contributed by atoms with Crippen molar-refractivity contribution in [2.45, 2.75) is 52.0 Å². The average molecular weight is 353 g/mol. The van der Waals surface area contributed by atoms with Crippen LogP contribution in [0, 0.1) is 5.92 Å². The minimum atomic E-state index is 0. The second-order valence-electron chi connectivity index (χ2n) is 6.84. The second-order valence-corrected chi connectivity index (χ2v) is 6.84. The molecule has 1 saturated heterocycles. The van der Waals surface area contributed by atoms with E-state index in [-0.39, 0.29) is 43.0 Å². The summed E-state index contributed by atoms with van der Waals surface area (Å²) in [7, 11) is 0. The largest absolute Gasteiger partial charge is 0.338 e. The number of benzene rings is 1. The minimum absolute atomic E-state index is 0. The lowest BCUT2D eigenvalue weighted by Crippen LogP contribution is -2.39. The van der Waals surface area contributed by atoms with E-state index in [9.17, 15) is 9.59 Å². The normalized spacial score (nSPS) is 17.0. The lowest BCUT2D eigenvalue weighted by atomic mass is 9.99. The molecule has 1 aliphatic rings.